The lowest BCUT2D eigenvalue weighted by molar-refractivity contribution is -0.384. The van der Waals surface area contributed by atoms with Crippen molar-refractivity contribution in [2.24, 2.45) is 0 Å². The summed E-state index contributed by atoms with van der Waals surface area (Å²) < 4.78 is 47.6. The molecule has 2 rings (SSSR count). The fraction of sp³-hybridized carbons (Fsp3) is 0.188. The number of hydrogen-bond acceptors (Lipinski definition) is 5. The topological polar surface area (TPSA) is 90.7 Å². The molecular formula is C16H13F3N2O5. The van der Waals surface area contributed by atoms with Gasteiger partial charge in [0.25, 0.3) is 11.6 Å². The molecule has 0 saturated carbocycles. The molecular weight excluding hydrogens is 357 g/mol. The van der Waals surface area contributed by atoms with Crippen LogP contribution in [0.25, 0.3) is 0 Å². The maximum atomic E-state index is 12.5. The number of nitro groups is 1. The van der Waals surface area contributed by atoms with Crippen LogP contribution in [0.1, 0.15) is 5.56 Å². The molecule has 0 aliphatic heterocycles. The molecule has 138 valence electrons. The van der Waals surface area contributed by atoms with Gasteiger partial charge in [0.05, 0.1) is 23.7 Å². The van der Waals surface area contributed by atoms with E-state index in [1.807, 2.05) is 0 Å². The number of carbonyl (C=O) groups excluding carboxylic acids is 1. The smallest absolute Gasteiger partial charge is 0.416 e. The van der Waals surface area contributed by atoms with Gasteiger partial charge in [-0.2, -0.15) is 13.2 Å². The van der Waals surface area contributed by atoms with E-state index in [1.54, 1.807) is 0 Å². The molecule has 0 heterocycles. The van der Waals surface area contributed by atoms with Crippen molar-refractivity contribution < 1.29 is 32.4 Å². The summed E-state index contributed by atoms with van der Waals surface area (Å²) in [5, 5.41) is 13.1. The van der Waals surface area contributed by atoms with Gasteiger partial charge in [0.2, 0.25) is 0 Å². The van der Waals surface area contributed by atoms with Crippen LogP contribution in [0.4, 0.5) is 24.5 Å². The number of non-ortho nitro benzene ring substituents is 1. The fourth-order valence-corrected chi connectivity index (χ4v) is 1.97. The van der Waals surface area contributed by atoms with Crippen LogP contribution in [0.3, 0.4) is 0 Å². The number of ether oxygens (including phenoxy) is 2. The molecule has 0 aliphatic rings. The van der Waals surface area contributed by atoms with Crippen LogP contribution in [-0.4, -0.2) is 24.5 Å². The minimum absolute atomic E-state index is 0.0709. The SMILES string of the molecule is COc1cc([N+](=O)[O-])ccc1OCC(=O)Nc1ccc(C(F)(F)F)cc1. The first-order chi connectivity index (χ1) is 12.2. The molecule has 1 amide bonds. The number of benzene rings is 2. The second-order valence-corrected chi connectivity index (χ2v) is 5.00. The fourth-order valence-electron chi connectivity index (χ4n) is 1.97. The third kappa shape index (κ3) is 4.85. The first-order valence-electron chi connectivity index (χ1n) is 7.13. The first-order valence-corrected chi connectivity index (χ1v) is 7.13. The molecule has 0 aromatic heterocycles. The molecule has 0 spiro atoms. The number of nitro benzene ring substituents is 1. The maximum absolute atomic E-state index is 12.5. The normalized spacial score (nSPS) is 10.9. The van der Waals surface area contributed by atoms with Crippen LogP contribution in [0.15, 0.2) is 42.5 Å². The van der Waals surface area contributed by atoms with Crippen molar-refractivity contribution in [1.29, 1.82) is 0 Å². The van der Waals surface area contributed by atoms with Gasteiger partial charge in [-0.25, -0.2) is 0 Å². The van der Waals surface area contributed by atoms with Crippen LogP contribution in [0, 0.1) is 10.1 Å². The summed E-state index contributed by atoms with van der Waals surface area (Å²) in [6.45, 7) is -0.463. The second-order valence-electron chi connectivity index (χ2n) is 5.00. The Labute approximate surface area is 145 Å². The minimum atomic E-state index is -4.46. The number of nitrogens with one attached hydrogen (secondary N) is 1. The predicted octanol–water partition coefficient (Wildman–Crippen LogP) is 3.64. The highest BCUT2D eigenvalue weighted by molar-refractivity contribution is 5.91. The third-order valence-corrected chi connectivity index (χ3v) is 3.21. The maximum Gasteiger partial charge on any atom is 0.416 e. The summed E-state index contributed by atoms with van der Waals surface area (Å²) in [6.07, 6.45) is -4.46. The largest absolute Gasteiger partial charge is 0.493 e. The first kappa shape index (κ1) is 19.0. The Hall–Kier alpha value is -3.30. The van der Waals surface area contributed by atoms with E-state index in [-0.39, 0.29) is 22.9 Å². The van der Waals surface area contributed by atoms with Gasteiger partial charge < -0.3 is 14.8 Å². The van der Waals surface area contributed by atoms with E-state index in [0.29, 0.717) is 0 Å². The number of methoxy groups -OCH3 is 1. The Morgan fingerprint density at radius 2 is 1.81 bits per heavy atom. The number of hydrogen-bond donors (Lipinski definition) is 1. The van der Waals surface area contributed by atoms with Crippen molar-refractivity contribution in [2.45, 2.75) is 6.18 Å². The number of halogens is 3. The van der Waals surface area contributed by atoms with E-state index in [0.717, 1.165) is 30.3 Å². The number of carbonyl (C=O) groups is 1. The van der Waals surface area contributed by atoms with Crippen molar-refractivity contribution >= 4 is 17.3 Å². The van der Waals surface area contributed by atoms with Crippen LogP contribution < -0.4 is 14.8 Å². The lowest BCUT2D eigenvalue weighted by atomic mass is 10.2. The van der Waals surface area contributed by atoms with E-state index in [1.165, 1.54) is 19.2 Å². The zero-order chi connectivity index (χ0) is 19.3. The molecule has 1 N–H and O–H groups in total. The number of alkyl halides is 3. The van der Waals surface area contributed by atoms with Crippen LogP contribution in [0.2, 0.25) is 0 Å². The van der Waals surface area contributed by atoms with Gasteiger partial charge in [0.1, 0.15) is 0 Å². The predicted molar refractivity (Wildman–Crippen MR) is 85.2 cm³/mol. The van der Waals surface area contributed by atoms with E-state index >= 15 is 0 Å². The molecule has 7 nitrogen and oxygen atoms in total. The molecule has 2 aromatic carbocycles. The van der Waals surface area contributed by atoms with Gasteiger partial charge in [0.15, 0.2) is 18.1 Å². The van der Waals surface area contributed by atoms with E-state index in [9.17, 15) is 28.1 Å². The van der Waals surface area contributed by atoms with Gasteiger partial charge in [-0.05, 0) is 30.3 Å². The van der Waals surface area contributed by atoms with Crippen molar-refractivity contribution in [3.05, 3.63) is 58.1 Å². The third-order valence-electron chi connectivity index (χ3n) is 3.21. The number of nitrogens with zero attached hydrogens (tertiary/aromatic N) is 1. The van der Waals surface area contributed by atoms with Crippen LogP contribution >= 0.6 is 0 Å². The molecule has 0 aliphatic carbocycles. The molecule has 0 unspecified atom stereocenters. The summed E-state index contributed by atoms with van der Waals surface area (Å²) >= 11 is 0. The van der Waals surface area contributed by atoms with Crippen molar-refractivity contribution in [1.82, 2.24) is 0 Å². The van der Waals surface area contributed by atoms with Gasteiger partial charge >= 0.3 is 6.18 Å². The molecule has 0 saturated heterocycles. The van der Waals surface area contributed by atoms with Crippen LogP contribution in [0.5, 0.6) is 11.5 Å². The standard InChI is InChI=1S/C16H13F3N2O5/c1-25-14-8-12(21(23)24)6-7-13(14)26-9-15(22)20-11-4-2-10(3-5-11)16(17,18)19/h2-8H,9H2,1H3,(H,20,22). The van der Waals surface area contributed by atoms with Crippen molar-refractivity contribution in [3.63, 3.8) is 0 Å². The Kier molecular flexibility index (Phi) is 5.65. The number of amides is 1. The summed E-state index contributed by atoms with van der Waals surface area (Å²) in [5.41, 5.74) is -0.868. The second kappa shape index (κ2) is 7.72. The average molecular weight is 370 g/mol. The average Bonchev–Trinajstić information content (AvgIpc) is 2.59. The van der Waals surface area contributed by atoms with Crippen molar-refractivity contribution in [3.8, 4) is 11.5 Å². The summed E-state index contributed by atoms with van der Waals surface area (Å²) in [5.74, 6) is -0.438. The quantitative estimate of drug-likeness (QED) is 0.619. The molecule has 0 atom stereocenters. The lowest BCUT2D eigenvalue weighted by Gasteiger charge is -2.11. The molecule has 26 heavy (non-hydrogen) atoms. The Balaban J connectivity index is 1.97. The van der Waals surface area contributed by atoms with Crippen molar-refractivity contribution in [2.75, 3.05) is 19.0 Å². The lowest BCUT2D eigenvalue weighted by Crippen LogP contribution is -2.20. The molecule has 2 aromatic rings. The van der Waals surface area contributed by atoms with Gasteiger partial charge in [-0.15, -0.1) is 0 Å². The van der Waals surface area contributed by atoms with Gasteiger partial charge in [-0.1, -0.05) is 0 Å². The zero-order valence-electron chi connectivity index (χ0n) is 13.4. The van der Waals surface area contributed by atoms with E-state index < -0.39 is 29.2 Å². The van der Waals surface area contributed by atoms with E-state index in [4.69, 9.17) is 9.47 Å². The zero-order valence-corrected chi connectivity index (χ0v) is 13.4. The highest BCUT2D eigenvalue weighted by Gasteiger charge is 2.30. The Morgan fingerprint density at radius 1 is 1.15 bits per heavy atom. The minimum Gasteiger partial charge on any atom is -0.493 e. The highest BCUT2D eigenvalue weighted by atomic mass is 19.4. The molecule has 0 radical (unpaired) electrons. The monoisotopic (exact) mass is 370 g/mol. The summed E-state index contributed by atoms with van der Waals surface area (Å²) in [7, 11) is 1.29. The highest BCUT2D eigenvalue weighted by Crippen LogP contribution is 2.31. The van der Waals surface area contributed by atoms with E-state index in [2.05, 4.69) is 5.32 Å². The Morgan fingerprint density at radius 3 is 2.35 bits per heavy atom. The molecule has 0 fully saturated rings. The summed E-state index contributed by atoms with van der Waals surface area (Å²) in [6, 6.07) is 7.53. The number of anilines is 1. The molecule has 0 bridgehead atoms. The van der Waals surface area contributed by atoms with Gasteiger partial charge in [-0.3, -0.25) is 14.9 Å². The Bertz CT molecular complexity index is 807. The van der Waals surface area contributed by atoms with Crippen LogP contribution in [-0.2, 0) is 11.0 Å². The molecule has 10 heteroatoms. The number of rotatable bonds is 6. The van der Waals surface area contributed by atoms with Gasteiger partial charge in [0, 0.05) is 11.8 Å². The summed E-state index contributed by atoms with van der Waals surface area (Å²) in [4.78, 5) is 21.9.